The van der Waals surface area contributed by atoms with Crippen molar-refractivity contribution in [2.45, 2.75) is 13.0 Å². The number of carbonyl (C=O) groups is 4. The highest BCUT2D eigenvalue weighted by atomic mass is 31.2. The summed E-state index contributed by atoms with van der Waals surface area (Å²) >= 11 is 0. The largest absolute Gasteiger partial charge is 0.493 e. The Morgan fingerprint density at radius 3 is 2.24 bits per heavy atom. The van der Waals surface area contributed by atoms with Crippen molar-refractivity contribution in [2.75, 3.05) is 40.6 Å². The maximum Gasteiger partial charge on any atom is 0.346 e. The Kier molecular flexibility index (Phi) is 11.3. The lowest BCUT2D eigenvalue weighted by atomic mass is 10.2. The first kappa shape index (κ1) is 31.9. The number of hydrogen-bond donors (Lipinski definition) is 4. The number of ether oxygens (including phenoxy) is 3. The Bertz CT molecular complexity index is 1330. The number of amides is 4. The zero-order valence-electron chi connectivity index (χ0n) is 22.3. The number of nitro groups is 1. The highest BCUT2D eigenvalue weighted by molar-refractivity contribution is 7.39. The number of hydrogen-bond acceptors (Lipinski definition) is 13. The molecule has 1 aliphatic heterocycles. The molecule has 0 radical (unpaired) electrons. The highest BCUT2D eigenvalue weighted by Crippen LogP contribution is 2.39. The molecule has 42 heavy (non-hydrogen) atoms. The summed E-state index contributed by atoms with van der Waals surface area (Å²) in [6, 6.07) is 3.97. The van der Waals surface area contributed by atoms with Crippen LogP contribution in [0.4, 0.5) is 5.82 Å². The molecule has 1 aromatic carbocycles. The predicted octanol–water partition coefficient (Wildman–Crippen LogP) is -0.418. The molecule has 1 aromatic heterocycles. The third-order valence-electron chi connectivity index (χ3n) is 5.60. The van der Waals surface area contributed by atoms with E-state index < -0.39 is 49.8 Å². The minimum absolute atomic E-state index is 0.0187. The van der Waals surface area contributed by atoms with E-state index in [1.165, 1.54) is 26.4 Å². The zero-order valence-corrected chi connectivity index (χ0v) is 23.2. The first-order valence-corrected chi connectivity index (χ1v) is 13.2. The van der Waals surface area contributed by atoms with Gasteiger partial charge in [-0.05, 0) is 17.1 Å². The smallest absolute Gasteiger partial charge is 0.346 e. The van der Waals surface area contributed by atoms with Gasteiger partial charge in [0, 0.05) is 43.8 Å². The van der Waals surface area contributed by atoms with E-state index in [1.807, 2.05) is 0 Å². The van der Waals surface area contributed by atoms with Gasteiger partial charge in [-0.3, -0.25) is 28.6 Å². The zero-order chi connectivity index (χ0) is 30.8. The third kappa shape index (κ3) is 8.43. The summed E-state index contributed by atoms with van der Waals surface area (Å²) < 4.78 is 21.5. The highest BCUT2D eigenvalue weighted by Gasteiger charge is 2.25. The van der Waals surface area contributed by atoms with Gasteiger partial charge in [-0.1, -0.05) is 5.10 Å². The number of rotatable bonds is 16. The minimum atomic E-state index is -2.65. The maximum atomic E-state index is 12.6. The molecule has 19 heteroatoms. The molecule has 4 amide bonds. The van der Waals surface area contributed by atoms with Gasteiger partial charge in [-0.25, -0.2) is 0 Å². The summed E-state index contributed by atoms with van der Waals surface area (Å²) in [6.07, 6.45) is 2.12. The molecule has 2 aromatic rings. The van der Waals surface area contributed by atoms with Crippen molar-refractivity contribution in [1.82, 2.24) is 25.3 Å². The number of nitrogens with one attached hydrogen (secondary N) is 2. The summed E-state index contributed by atoms with van der Waals surface area (Å²) in [7, 11) is 0.0285. The molecule has 226 valence electrons. The summed E-state index contributed by atoms with van der Waals surface area (Å²) in [5.41, 5.74) is 0.185. The van der Waals surface area contributed by atoms with Gasteiger partial charge in [0.1, 0.15) is 6.54 Å². The number of imide groups is 1. The molecule has 0 bridgehead atoms. The van der Waals surface area contributed by atoms with Crippen LogP contribution >= 0.6 is 8.60 Å². The van der Waals surface area contributed by atoms with Gasteiger partial charge in [-0.2, -0.15) is 0 Å². The summed E-state index contributed by atoms with van der Waals surface area (Å²) in [5, 5.41) is 20.7. The monoisotopic (exact) mass is 610 g/mol. The second kappa shape index (κ2) is 14.8. The topological polar surface area (TPSA) is 234 Å². The molecule has 4 N–H and O–H groups in total. The molecule has 0 saturated carbocycles. The molecule has 0 aliphatic carbocycles. The average Bonchev–Trinajstić information content (AvgIpc) is 3.52. The average molecular weight is 610 g/mol. The normalized spacial score (nSPS) is 12.5. The maximum absolute atomic E-state index is 12.6. The van der Waals surface area contributed by atoms with Crippen molar-refractivity contribution in [3.05, 3.63) is 51.7 Å². The van der Waals surface area contributed by atoms with E-state index in [-0.39, 0.29) is 55.5 Å². The van der Waals surface area contributed by atoms with E-state index in [1.54, 1.807) is 0 Å². The Hall–Kier alpha value is -4.64. The SMILES string of the molecule is COc1cc(Cn2nc(C(=O)NCCNC(=O)CCN3C(=O)C=CC3=O)cc2[N+](=O)[O-])cc(OC)c1OCOP(O)O. The predicted molar refractivity (Wildman–Crippen MR) is 141 cm³/mol. The van der Waals surface area contributed by atoms with Crippen LogP contribution in [0.2, 0.25) is 0 Å². The fraction of sp³-hybridized carbons (Fsp3) is 0.348. The molecule has 2 heterocycles. The van der Waals surface area contributed by atoms with Crippen molar-refractivity contribution in [3.8, 4) is 17.2 Å². The number of benzene rings is 1. The Morgan fingerprint density at radius 2 is 1.67 bits per heavy atom. The molecule has 0 spiro atoms. The fourth-order valence-corrected chi connectivity index (χ4v) is 3.82. The van der Waals surface area contributed by atoms with Crippen LogP contribution in [0.25, 0.3) is 0 Å². The van der Waals surface area contributed by atoms with Gasteiger partial charge in [0.05, 0.1) is 20.3 Å². The fourth-order valence-electron chi connectivity index (χ4n) is 3.68. The molecule has 0 saturated heterocycles. The van der Waals surface area contributed by atoms with Crippen molar-refractivity contribution in [2.24, 2.45) is 0 Å². The van der Waals surface area contributed by atoms with E-state index in [4.69, 9.17) is 24.0 Å². The van der Waals surface area contributed by atoms with Crippen LogP contribution in [0.1, 0.15) is 22.5 Å². The third-order valence-corrected chi connectivity index (χ3v) is 5.93. The van der Waals surface area contributed by atoms with Crippen LogP contribution in [0.15, 0.2) is 30.4 Å². The first-order chi connectivity index (χ1) is 20.0. The van der Waals surface area contributed by atoms with Crippen LogP contribution in [-0.2, 0) is 25.5 Å². The summed E-state index contributed by atoms with van der Waals surface area (Å²) in [6.45, 7) is -0.775. The van der Waals surface area contributed by atoms with E-state index in [2.05, 4.69) is 20.3 Å². The number of carbonyl (C=O) groups excluding carboxylic acids is 4. The van der Waals surface area contributed by atoms with Crippen LogP contribution in [-0.4, -0.2) is 93.7 Å². The van der Waals surface area contributed by atoms with E-state index in [0.717, 1.165) is 27.8 Å². The Morgan fingerprint density at radius 1 is 1.05 bits per heavy atom. The quantitative estimate of drug-likeness (QED) is 0.0473. The Labute approximate surface area is 238 Å². The van der Waals surface area contributed by atoms with E-state index in [9.17, 15) is 29.3 Å². The lowest BCUT2D eigenvalue weighted by Gasteiger charge is -2.15. The Balaban J connectivity index is 1.60. The van der Waals surface area contributed by atoms with Crippen molar-refractivity contribution in [3.63, 3.8) is 0 Å². The molecule has 0 atom stereocenters. The van der Waals surface area contributed by atoms with Crippen LogP contribution in [0.3, 0.4) is 0 Å². The standard InChI is InChI=1S/C23H27N6O12P/c1-38-16-9-14(10-17(39-2)22(16)40-13-41-42(36)37)12-28-19(29(34)35)11-15(26-28)23(33)25-7-6-24-18(30)5-8-27-20(31)3-4-21(27)32/h3-4,9-11,36-37H,5-8,12-13H2,1-2H3,(H,24,30)(H,25,33). The number of methoxy groups -OCH3 is 2. The summed E-state index contributed by atoms with van der Waals surface area (Å²) in [5.74, 6) is -2.25. The lowest BCUT2D eigenvalue weighted by Crippen LogP contribution is -2.37. The van der Waals surface area contributed by atoms with Crippen molar-refractivity contribution >= 4 is 38.0 Å². The summed E-state index contributed by atoms with van der Waals surface area (Å²) in [4.78, 5) is 77.2. The van der Waals surface area contributed by atoms with Crippen LogP contribution < -0.4 is 24.8 Å². The molecule has 0 unspecified atom stereocenters. The van der Waals surface area contributed by atoms with Crippen LogP contribution in [0, 0.1) is 10.1 Å². The second-order valence-electron chi connectivity index (χ2n) is 8.29. The minimum Gasteiger partial charge on any atom is -0.493 e. The number of aromatic nitrogens is 2. The van der Waals surface area contributed by atoms with Crippen LogP contribution in [0.5, 0.6) is 17.2 Å². The van der Waals surface area contributed by atoms with E-state index in [0.29, 0.717) is 5.56 Å². The number of nitrogens with zero attached hydrogens (tertiary/aromatic N) is 4. The van der Waals surface area contributed by atoms with Gasteiger partial charge < -0.3 is 44.7 Å². The molecule has 0 fully saturated rings. The van der Waals surface area contributed by atoms with Gasteiger partial charge in [0.25, 0.3) is 17.7 Å². The first-order valence-electron chi connectivity index (χ1n) is 12.0. The van der Waals surface area contributed by atoms with E-state index >= 15 is 0 Å². The molecule has 3 rings (SSSR count). The molecular formula is C23H27N6O12P. The van der Waals surface area contributed by atoms with Crippen molar-refractivity contribution in [1.29, 1.82) is 0 Å². The van der Waals surface area contributed by atoms with Gasteiger partial charge >= 0.3 is 14.4 Å². The molecular weight excluding hydrogens is 583 g/mol. The molecule has 18 nitrogen and oxygen atoms in total. The van der Waals surface area contributed by atoms with Gasteiger partial charge in [0.2, 0.25) is 11.7 Å². The van der Waals surface area contributed by atoms with Gasteiger partial charge in [0.15, 0.2) is 24.0 Å². The van der Waals surface area contributed by atoms with Crippen molar-refractivity contribution < 1.29 is 52.6 Å². The second-order valence-corrected chi connectivity index (χ2v) is 9.06. The lowest BCUT2D eigenvalue weighted by molar-refractivity contribution is -0.392. The molecule has 1 aliphatic rings. The van der Waals surface area contributed by atoms with Gasteiger partial charge in [-0.15, -0.1) is 4.68 Å².